The number of amides is 1. The van der Waals surface area contributed by atoms with Crippen molar-refractivity contribution in [3.63, 3.8) is 0 Å². The number of nitrogens with one attached hydrogen (secondary N) is 2. The van der Waals surface area contributed by atoms with E-state index in [2.05, 4.69) is 15.6 Å². The number of alkyl halides is 3. The number of pyridine rings is 1. The molecule has 1 heterocycles. The molecule has 0 saturated heterocycles. The molecular weight excluding hydrogens is 343 g/mol. The fraction of sp³-hybridized carbons (Fsp3) is 0.368. The lowest BCUT2D eigenvalue weighted by molar-refractivity contribution is -0.137. The van der Waals surface area contributed by atoms with Crippen molar-refractivity contribution >= 4 is 23.1 Å². The minimum atomic E-state index is -4.35. The van der Waals surface area contributed by atoms with Gasteiger partial charge in [0.05, 0.1) is 17.4 Å². The molecule has 1 saturated carbocycles. The summed E-state index contributed by atoms with van der Waals surface area (Å²) in [5.41, 5.74) is 0.459. The number of hydrogen-bond donors (Lipinski definition) is 2. The number of hydrogen-bond acceptors (Lipinski definition) is 3. The Kier molecular flexibility index (Phi) is 5.44. The fourth-order valence-corrected chi connectivity index (χ4v) is 3.04. The van der Waals surface area contributed by atoms with Crippen LogP contribution in [0.15, 0.2) is 42.6 Å². The molecule has 1 aromatic heterocycles. The fourth-order valence-electron chi connectivity index (χ4n) is 3.04. The number of halogens is 3. The Morgan fingerprint density at radius 1 is 0.962 bits per heavy atom. The molecule has 3 rings (SSSR count). The maximum absolute atomic E-state index is 12.6. The van der Waals surface area contributed by atoms with Gasteiger partial charge in [0.15, 0.2) is 0 Å². The lowest BCUT2D eigenvalue weighted by atomic mass is 9.89. The standard InChI is InChI=1S/C19H20F3N3O/c20-19(21,22)14-6-8-15(9-7-14)24-16-10-11-17(23-12-16)25-18(26)13-4-2-1-3-5-13/h6-13,24H,1-5H2,(H,23,25,26). The van der Waals surface area contributed by atoms with E-state index in [1.165, 1.54) is 24.8 Å². The molecule has 4 nitrogen and oxygen atoms in total. The van der Waals surface area contributed by atoms with Crippen LogP contribution in [0, 0.1) is 5.92 Å². The third kappa shape index (κ3) is 4.74. The zero-order valence-corrected chi connectivity index (χ0v) is 14.1. The molecule has 138 valence electrons. The normalized spacial score (nSPS) is 15.5. The summed E-state index contributed by atoms with van der Waals surface area (Å²) in [5, 5.41) is 5.81. The molecule has 2 aromatic rings. The number of aromatic nitrogens is 1. The van der Waals surface area contributed by atoms with Crippen molar-refractivity contribution in [1.82, 2.24) is 4.98 Å². The number of carbonyl (C=O) groups is 1. The van der Waals surface area contributed by atoms with Gasteiger partial charge in [-0.3, -0.25) is 4.79 Å². The lowest BCUT2D eigenvalue weighted by Crippen LogP contribution is -2.25. The van der Waals surface area contributed by atoms with E-state index in [0.717, 1.165) is 37.8 Å². The quantitative estimate of drug-likeness (QED) is 0.769. The highest BCUT2D eigenvalue weighted by Crippen LogP contribution is 2.30. The van der Waals surface area contributed by atoms with Crippen LogP contribution in [0.25, 0.3) is 0 Å². The third-order valence-electron chi connectivity index (χ3n) is 4.49. The minimum Gasteiger partial charge on any atom is -0.354 e. The van der Waals surface area contributed by atoms with E-state index >= 15 is 0 Å². The SMILES string of the molecule is O=C(Nc1ccc(Nc2ccc(C(F)(F)F)cc2)cn1)C1CCCCC1. The van der Waals surface area contributed by atoms with Crippen LogP contribution >= 0.6 is 0 Å². The molecule has 1 amide bonds. The van der Waals surface area contributed by atoms with E-state index in [1.807, 2.05) is 0 Å². The highest BCUT2D eigenvalue weighted by molar-refractivity contribution is 5.91. The number of anilines is 3. The van der Waals surface area contributed by atoms with Gasteiger partial charge in [-0.05, 0) is 49.2 Å². The molecule has 0 radical (unpaired) electrons. The largest absolute Gasteiger partial charge is 0.416 e. The number of rotatable bonds is 4. The summed E-state index contributed by atoms with van der Waals surface area (Å²) in [5.74, 6) is 0.523. The zero-order valence-electron chi connectivity index (χ0n) is 14.1. The molecule has 2 N–H and O–H groups in total. The summed E-state index contributed by atoms with van der Waals surface area (Å²) in [6.07, 6.45) is 2.38. The molecule has 0 spiro atoms. The van der Waals surface area contributed by atoms with Crippen molar-refractivity contribution in [2.24, 2.45) is 5.92 Å². The van der Waals surface area contributed by atoms with Crippen LogP contribution in [0.2, 0.25) is 0 Å². The Morgan fingerprint density at radius 3 is 2.19 bits per heavy atom. The molecule has 0 atom stereocenters. The molecule has 0 bridgehead atoms. The van der Waals surface area contributed by atoms with Crippen LogP contribution in [0.3, 0.4) is 0 Å². The average Bonchev–Trinajstić information content (AvgIpc) is 2.64. The van der Waals surface area contributed by atoms with Gasteiger partial charge in [0.25, 0.3) is 0 Å². The van der Waals surface area contributed by atoms with Crippen LogP contribution < -0.4 is 10.6 Å². The molecule has 0 aliphatic heterocycles. The summed E-state index contributed by atoms with van der Waals surface area (Å²) in [6.45, 7) is 0. The van der Waals surface area contributed by atoms with Gasteiger partial charge in [-0.15, -0.1) is 0 Å². The minimum absolute atomic E-state index is 0.000601. The summed E-state index contributed by atoms with van der Waals surface area (Å²) >= 11 is 0. The van der Waals surface area contributed by atoms with Gasteiger partial charge in [-0.1, -0.05) is 19.3 Å². The monoisotopic (exact) mass is 363 g/mol. The molecule has 26 heavy (non-hydrogen) atoms. The zero-order chi connectivity index (χ0) is 18.6. The van der Waals surface area contributed by atoms with Crippen LogP contribution in [-0.4, -0.2) is 10.9 Å². The van der Waals surface area contributed by atoms with Crippen molar-refractivity contribution in [2.45, 2.75) is 38.3 Å². The second-order valence-corrected chi connectivity index (χ2v) is 6.46. The van der Waals surface area contributed by atoms with E-state index in [9.17, 15) is 18.0 Å². The number of carbonyl (C=O) groups excluding carboxylic acids is 1. The molecule has 1 aliphatic carbocycles. The van der Waals surface area contributed by atoms with Gasteiger partial charge >= 0.3 is 6.18 Å². The third-order valence-corrected chi connectivity index (χ3v) is 4.49. The first kappa shape index (κ1) is 18.2. The Balaban J connectivity index is 1.58. The summed E-state index contributed by atoms with van der Waals surface area (Å²) < 4.78 is 37.7. The predicted molar refractivity (Wildman–Crippen MR) is 94.2 cm³/mol. The lowest BCUT2D eigenvalue weighted by Gasteiger charge is -2.20. The smallest absolute Gasteiger partial charge is 0.354 e. The Morgan fingerprint density at radius 2 is 1.62 bits per heavy atom. The first-order chi connectivity index (χ1) is 12.4. The van der Waals surface area contributed by atoms with Crippen molar-refractivity contribution in [2.75, 3.05) is 10.6 Å². The highest BCUT2D eigenvalue weighted by atomic mass is 19.4. The number of nitrogens with zero attached hydrogens (tertiary/aromatic N) is 1. The first-order valence-corrected chi connectivity index (χ1v) is 8.63. The topological polar surface area (TPSA) is 54.0 Å². The van der Waals surface area contributed by atoms with Crippen molar-refractivity contribution in [1.29, 1.82) is 0 Å². The van der Waals surface area contributed by atoms with Gasteiger partial charge < -0.3 is 10.6 Å². The molecule has 1 aromatic carbocycles. The maximum Gasteiger partial charge on any atom is 0.416 e. The summed E-state index contributed by atoms with van der Waals surface area (Å²) in [4.78, 5) is 16.4. The highest BCUT2D eigenvalue weighted by Gasteiger charge is 2.29. The first-order valence-electron chi connectivity index (χ1n) is 8.63. The average molecular weight is 363 g/mol. The van der Waals surface area contributed by atoms with Crippen LogP contribution in [0.4, 0.5) is 30.4 Å². The molecule has 7 heteroatoms. The van der Waals surface area contributed by atoms with Gasteiger partial charge in [0.2, 0.25) is 5.91 Å². The van der Waals surface area contributed by atoms with E-state index in [1.54, 1.807) is 12.1 Å². The van der Waals surface area contributed by atoms with Gasteiger partial charge in [0.1, 0.15) is 5.82 Å². The van der Waals surface area contributed by atoms with Gasteiger partial charge in [-0.2, -0.15) is 13.2 Å². The van der Waals surface area contributed by atoms with Crippen LogP contribution in [0.1, 0.15) is 37.7 Å². The molecule has 1 fully saturated rings. The van der Waals surface area contributed by atoms with Crippen molar-refractivity contribution < 1.29 is 18.0 Å². The van der Waals surface area contributed by atoms with E-state index in [-0.39, 0.29) is 11.8 Å². The van der Waals surface area contributed by atoms with E-state index < -0.39 is 11.7 Å². The maximum atomic E-state index is 12.6. The second kappa shape index (κ2) is 7.76. The van der Waals surface area contributed by atoms with Crippen LogP contribution in [-0.2, 0) is 11.0 Å². The Labute approximate surface area is 149 Å². The van der Waals surface area contributed by atoms with Gasteiger partial charge in [0, 0.05) is 11.6 Å². The number of benzene rings is 1. The van der Waals surface area contributed by atoms with E-state index in [4.69, 9.17) is 0 Å². The molecule has 0 unspecified atom stereocenters. The van der Waals surface area contributed by atoms with Gasteiger partial charge in [-0.25, -0.2) is 4.98 Å². The summed E-state index contributed by atoms with van der Waals surface area (Å²) in [7, 11) is 0. The van der Waals surface area contributed by atoms with Crippen molar-refractivity contribution in [3.05, 3.63) is 48.2 Å². The Hall–Kier alpha value is -2.57. The second-order valence-electron chi connectivity index (χ2n) is 6.46. The van der Waals surface area contributed by atoms with Crippen LogP contribution in [0.5, 0.6) is 0 Å². The summed E-state index contributed by atoms with van der Waals surface area (Å²) in [6, 6.07) is 8.17. The molecular formula is C19H20F3N3O. The molecule has 1 aliphatic rings. The van der Waals surface area contributed by atoms with E-state index in [0.29, 0.717) is 17.2 Å². The Bertz CT molecular complexity index is 736. The van der Waals surface area contributed by atoms with Crippen molar-refractivity contribution in [3.8, 4) is 0 Å². The predicted octanol–water partition coefficient (Wildman–Crippen LogP) is 5.36.